The SMILES string of the molecule is C/C(=C\NC(C)(C)C)S(=O)C(C)(C)C. The van der Waals surface area contributed by atoms with Crippen LogP contribution in [0.1, 0.15) is 48.5 Å². The predicted molar refractivity (Wildman–Crippen MR) is 64.5 cm³/mol. The summed E-state index contributed by atoms with van der Waals surface area (Å²) < 4.78 is 11.7. The summed E-state index contributed by atoms with van der Waals surface area (Å²) in [6, 6.07) is 0. The third-order valence-electron chi connectivity index (χ3n) is 1.56. The average Bonchev–Trinajstić information content (AvgIpc) is 1.95. The molecule has 0 aromatic carbocycles. The van der Waals surface area contributed by atoms with E-state index in [0.29, 0.717) is 0 Å². The smallest absolute Gasteiger partial charge is 0.0554 e. The van der Waals surface area contributed by atoms with E-state index in [1.807, 2.05) is 33.9 Å². The molecule has 0 fully saturated rings. The molecule has 3 heteroatoms. The first-order chi connectivity index (χ1) is 6.04. The maximum absolute atomic E-state index is 11.9. The van der Waals surface area contributed by atoms with Crippen LogP contribution in [0.3, 0.4) is 0 Å². The zero-order valence-corrected chi connectivity index (χ0v) is 11.2. The van der Waals surface area contributed by atoms with E-state index in [4.69, 9.17) is 0 Å². The van der Waals surface area contributed by atoms with Crippen molar-refractivity contribution in [1.82, 2.24) is 5.32 Å². The van der Waals surface area contributed by atoms with Gasteiger partial charge < -0.3 is 5.32 Å². The molecule has 0 bridgehead atoms. The zero-order chi connectivity index (χ0) is 11.6. The minimum Gasteiger partial charge on any atom is -0.386 e. The van der Waals surface area contributed by atoms with Crippen LogP contribution in [0, 0.1) is 0 Å². The fourth-order valence-electron chi connectivity index (χ4n) is 0.855. The van der Waals surface area contributed by atoms with Crippen molar-refractivity contribution in [3.63, 3.8) is 0 Å². The Morgan fingerprint density at radius 2 is 1.57 bits per heavy atom. The van der Waals surface area contributed by atoms with Crippen molar-refractivity contribution in [2.75, 3.05) is 0 Å². The molecule has 1 unspecified atom stereocenters. The molecule has 0 saturated heterocycles. The van der Waals surface area contributed by atoms with Crippen molar-refractivity contribution in [3.8, 4) is 0 Å². The van der Waals surface area contributed by atoms with Gasteiger partial charge in [0.25, 0.3) is 0 Å². The highest BCUT2D eigenvalue weighted by atomic mass is 32.2. The summed E-state index contributed by atoms with van der Waals surface area (Å²) in [5.41, 5.74) is 0.0311. The molecule has 0 aliphatic heterocycles. The number of allylic oxidation sites excluding steroid dienone is 1. The Hall–Kier alpha value is -0.310. The minimum atomic E-state index is -0.918. The van der Waals surface area contributed by atoms with Crippen molar-refractivity contribution in [3.05, 3.63) is 11.1 Å². The molecular weight excluding hydrogens is 194 g/mol. The second-order valence-electron chi connectivity index (χ2n) is 5.53. The van der Waals surface area contributed by atoms with Gasteiger partial charge in [-0.15, -0.1) is 0 Å². The molecule has 0 aromatic heterocycles. The van der Waals surface area contributed by atoms with Gasteiger partial charge in [0.05, 0.1) is 10.8 Å². The van der Waals surface area contributed by atoms with Crippen LogP contribution in [0.5, 0.6) is 0 Å². The van der Waals surface area contributed by atoms with E-state index < -0.39 is 10.8 Å². The van der Waals surface area contributed by atoms with Crippen LogP contribution < -0.4 is 5.32 Å². The van der Waals surface area contributed by atoms with Crippen LogP contribution in [-0.4, -0.2) is 14.5 Å². The van der Waals surface area contributed by atoms with Gasteiger partial charge in [-0.3, -0.25) is 4.21 Å². The quantitative estimate of drug-likeness (QED) is 0.770. The fraction of sp³-hybridized carbons (Fsp3) is 0.818. The Bertz CT molecular complexity index is 243. The van der Waals surface area contributed by atoms with Gasteiger partial charge in [0.2, 0.25) is 0 Å². The molecule has 2 nitrogen and oxygen atoms in total. The summed E-state index contributed by atoms with van der Waals surface area (Å²) >= 11 is 0. The van der Waals surface area contributed by atoms with Gasteiger partial charge in [0.1, 0.15) is 0 Å². The molecule has 0 heterocycles. The van der Waals surface area contributed by atoms with Crippen LogP contribution in [0.25, 0.3) is 0 Å². The van der Waals surface area contributed by atoms with Crippen molar-refractivity contribution in [1.29, 1.82) is 0 Å². The molecule has 0 amide bonds. The Labute approximate surface area is 90.6 Å². The molecule has 1 N–H and O–H groups in total. The van der Waals surface area contributed by atoms with Crippen molar-refractivity contribution < 1.29 is 4.21 Å². The third kappa shape index (κ3) is 5.43. The number of hydrogen-bond donors (Lipinski definition) is 1. The second-order valence-corrected chi connectivity index (χ2v) is 7.94. The van der Waals surface area contributed by atoms with Crippen LogP contribution in [0.15, 0.2) is 11.1 Å². The van der Waals surface area contributed by atoms with Gasteiger partial charge in [-0.1, -0.05) is 0 Å². The lowest BCUT2D eigenvalue weighted by atomic mass is 10.1. The maximum atomic E-state index is 11.9. The van der Waals surface area contributed by atoms with Gasteiger partial charge in [-0.2, -0.15) is 0 Å². The topological polar surface area (TPSA) is 29.1 Å². The van der Waals surface area contributed by atoms with Gasteiger partial charge in [-0.25, -0.2) is 0 Å². The van der Waals surface area contributed by atoms with E-state index in [9.17, 15) is 4.21 Å². The summed E-state index contributed by atoms with van der Waals surface area (Å²) in [6.07, 6.45) is 1.86. The molecule has 14 heavy (non-hydrogen) atoms. The largest absolute Gasteiger partial charge is 0.386 e. The highest BCUT2D eigenvalue weighted by Gasteiger charge is 2.21. The van der Waals surface area contributed by atoms with Gasteiger partial charge >= 0.3 is 0 Å². The molecule has 0 radical (unpaired) electrons. The Balaban J connectivity index is 4.49. The lowest BCUT2D eigenvalue weighted by Gasteiger charge is -2.22. The summed E-state index contributed by atoms with van der Waals surface area (Å²) in [5.74, 6) is 0. The minimum absolute atomic E-state index is 0.0311. The first kappa shape index (κ1) is 13.7. The van der Waals surface area contributed by atoms with E-state index in [1.54, 1.807) is 0 Å². The number of rotatable bonds is 2. The standard InChI is InChI=1S/C11H23NOS/c1-9(8-12-10(2,3)4)14(13)11(5,6)7/h8,12H,1-7H3/b9-8+. The summed E-state index contributed by atoms with van der Waals surface area (Å²) in [6.45, 7) is 14.1. The molecule has 0 rings (SSSR count). The Morgan fingerprint density at radius 1 is 1.14 bits per heavy atom. The monoisotopic (exact) mass is 217 g/mol. The van der Waals surface area contributed by atoms with Gasteiger partial charge in [0, 0.05) is 21.4 Å². The first-order valence-corrected chi connectivity index (χ1v) is 6.05. The van der Waals surface area contributed by atoms with Crippen LogP contribution in [-0.2, 0) is 10.8 Å². The summed E-state index contributed by atoms with van der Waals surface area (Å²) in [7, 11) is -0.918. The molecule has 0 aromatic rings. The maximum Gasteiger partial charge on any atom is 0.0554 e. The normalized spacial score (nSPS) is 16.6. The van der Waals surface area contributed by atoms with E-state index in [2.05, 4.69) is 26.1 Å². The second kappa shape index (κ2) is 4.47. The van der Waals surface area contributed by atoms with E-state index in [1.165, 1.54) is 0 Å². The first-order valence-electron chi connectivity index (χ1n) is 4.90. The highest BCUT2D eigenvalue weighted by molar-refractivity contribution is 7.90. The summed E-state index contributed by atoms with van der Waals surface area (Å²) in [5, 5.41) is 3.22. The highest BCUT2D eigenvalue weighted by Crippen LogP contribution is 2.18. The Morgan fingerprint density at radius 3 is 1.86 bits per heavy atom. The van der Waals surface area contributed by atoms with Gasteiger partial charge in [0.15, 0.2) is 0 Å². The molecule has 0 spiro atoms. The number of hydrogen-bond acceptors (Lipinski definition) is 2. The lowest BCUT2D eigenvalue weighted by Crippen LogP contribution is -2.32. The lowest BCUT2D eigenvalue weighted by molar-refractivity contribution is 0.490. The predicted octanol–water partition coefficient (Wildman–Crippen LogP) is 2.78. The van der Waals surface area contributed by atoms with E-state index >= 15 is 0 Å². The average molecular weight is 217 g/mol. The molecular formula is C11H23NOS. The zero-order valence-electron chi connectivity index (χ0n) is 10.4. The van der Waals surface area contributed by atoms with E-state index in [-0.39, 0.29) is 10.3 Å². The molecule has 0 aliphatic rings. The van der Waals surface area contributed by atoms with Crippen LogP contribution in [0.2, 0.25) is 0 Å². The van der Waals surface area contributed by atoms with E-state index in [0.717, 1.165) is 4.91 Å². The number of nitrogens with one attached hydrogen (secondary N) is 1. The molecule has 0 saturated carbocycles. The van der Waals surface area contributed by atoms with Crippen LogP contribution in [0.4, 0.5) is 0 Å². The van der Waals surface area contributed by atoms with Crippen LogP contribution >= 0.6 is 0 Å². The summed E-state index contributed by atoms with van der Waals surface area (Å²) in [4.78, 5) is 0.896. The van der Waals surface area contributed by atoms with Crippen molar-refractivity contribution in [2.24, 2.45) is 0 Å². The molecule has 84 valence electrons. The van der Waals surface area contributed by atoms with Crippen molar-refractivity contribution in [2.45, 2.75) is 58.8 Å². The molecule has 1 atom stereocenters. The van der Waals surface area contributed by atoms with Gasteiger partial charge in [-0.05, 0) is 48.5 Å². The third-order valence-corrected chi connectivity index (χ3v) is 3.37. The fourth-order valence-corrected chi connectivity index (χ4v) is 1.99. The van der Waals surface area contributed by atoms with Crippen molar-refractivity contribution >= 4 is 10.8 Å². The Kier molecular flexibility index (Phi) is 4.37. The molecule has 0 aliphatic carbocycles.